The van der Waals surface area contributed by atoms with Crippen molar-refractivity contribution in [2.24, 2.45) is 0 Å². The molecule has 7 heteroatoms. The van der Waals surface area contributed by atoms with Gasteiger partial charge in [0.1, 0.15) is 4.90 Å². The summed E-state index contributed by atoms with van der Waals surface area (Å²) in [4.78, 5) is 8.16. The third kappa shape index (κ3) is 3.03. The lowest BCUT2D eigenvalue weighted by Gasteiger charge is -2.17. The summed E-state index contributed by atoms with van der Waals surface area (Å²) in [5.41, 5.74) is 0.906. The van der Waals surface area contributed by atoms with Crippen LogP contribution in [0.4, 0.5) is 5.69 Å². The van der Waals surface area contributed by atoms with Crippen LogP contribution in [0.2, 0.25) is 0 Å². The van der Waals surface area contributed by atoms with Crippen molar-refractivity contribution < 1.29 is 8.42 Å². The Kier molecular flexibility index (Phi) is 3.85. The topological polar surface area (TPSA) is 75.2 Å². The highest BCUT2D eigenvalue weighted by molar-refractivity contribution is 7.89. The van der Waals surface area contributed by atoms with Crippen LogP contribution < -0.4 is 5.32 Å². The molecule has 6 nitrogen and oxygen atoms in total. The Hall–Kier alpha value is -1.99. The maximum Gasteiger partial charge on any atom is 0.244 e. The zero-order valence-corrected chi connectivity index (χ0v) is 12.2. The fraction of sp³-hybridized carbons (Fsp3) is 0.286. The van der Waals surface area contributed by atoms with Crippen LogP contribution in [-0.2, 0) is 10.0 Å². The molecule has 0 aromatic carbocycles. The molecule has 21 heavy (non-hydrogen) atoms. The van der Waals surface area contributed by atoms with Gasteiger partial charge >= 0.3 is 0 Å². The minimum absolute atomic E-state index is 0.0978. The molecule has 0 saturated carbocycles. The fourth-order valence-electron chi connectivity index (χ4n) is 2.40. The van der Waals surface area contributed by atoms with Crippen molar-refractivity contribution in [1.82, 2.24) is 14.3 Å². The number of nitrogens with zero attached hydrogens (tertiary/aromatic N) is 3. The Morgan fingerprint density at radius 2 is 1.90 bits per heavy atom. The molecular weight excluding hydrogens is 288 g/mol. The normalized spacial score (nSPS) is 19.5. The Morgan fingerprint density at radius 1 is 1.14 bits per heavy atom. The predicted molar refractivity (Wildman–Crippen MR) is 79.3 cm³/mol. The summed E-state index contributed by atoms with van der Waals surface area (Å²) < 4.78 is 26.5. The van der Waals surface area contributed by atoms with E-state index in [1.165, 1.54) is 10.5 Å². The largest absolute Gasteiger partial charge is 0.380 e. The number of anilines is 1. The molecular formula is C14H16N4O2S. The highest BCUT2D eigenvalue weighted by Crippen LogP contribution is 2.22. The van der Waals surface area contributed by atoms with Crippen LogP contribution in [0.5, 0.6) is 0 Å². The number of rotatable bonds is 4. The number of nitrogens with one attached hydrogen (secondary N) is 1. The average molecular weight is 304 g/mol. The maximum atomic E-state index is 12.5. The Morgan fingerprint density at radius 3 is 2.57 bits per heavy atom. The number of hydrogen-bond donors (Lipinski definition) is 1. The summed E-state index contributed by atoms with van der Waals surface area (Å²) >= 11 is 0. The van der Waals surface area contributed by atoms with Crippen molar-refractivity contribution in [3.63, 3.8) is 0 Å². The van der Waals surface area contributed by atoms with Gasteiger partial charge in [-0.15, -0.1) is 0 Å². The summed E-state index contributed by atoms with van der Waals surface area (Å²) in [6.45, 7) is 0.960. The molecule has 0 radical (unpaired) electrons. The summed E-state index contributed by atoms with van der Waals surface area (Å²) in [6.07, 6.45) is 7.17. The van der Waals surface area contributed by atoms with Crippen LogP contribution in [0.3, 0.4) is 0 Å². The van der Waals surface area contributed by atoms with Crippen LogP contribution in [0.25, 0.3) is 0 Å². The summed E-state index contributed by atoms with van der Waals surface area (Å²) in [5.74, 6) is 0. The Bertz CT molecular complexity index is 691. The van der Waals surface area contributed by atoms with Gasteiger partial charge in [0, 0.05) is 43.9 Å². The van der Waals surface area contributed by atoms with Crippen molar-refractivity contribution >= 4 is 15.7 Å². The second-order valence-corrected chi connectivity index (χ2v) is 6.86. The van der Waals surface area contributed by atoms with Gasteiger partial charge in [-0.1, -0.05) is 0 Å². The molecule has 1 unspecified atom stereocenters. The highest BCUT2D eigenvalue weighted by Gasteiger charge is 2.32. The molecule has 1 atom stereocenters. The first-order valence-corrected chi connectivity index (χ1v) is 8.17. The van der Waals surface area contributed by atoms with Gasteiger partial charge in [-0.3, -0.25) is 9.97 Å². The zero-order valence-electron chi connectivity index (χ0n) is 11.4. The van der Waals surface area contributed by atoms with Gasteiger partial charge in [0.2, 0.25) is 10.0 Å². The van der Waals surface area contributed by atoms with Gasteiger partial charge in [0.25, 0.3) is 0 Å². The Labute approximate surface area is 123 Å². The summed E-state index contributed by atoms with van der Waals surface area (Å²) in [7, 11) is -3.45. The predicted octanol–water partition coefficient (Wildman–Crippen LogP) is 1.35. The average Bonchev–Trinajstić information content (AvgIpc) is 2.98. The molecule has 2 aromatic rings. The number of pyridine rings is 2. The smallest absolute Gasteiger partial charge is 0.244 e. The lowest BCUT2D eigenvalue weighted by Crippen LogP contribution is -2.31. The third-order valence-electron chi connectivity index (χ3n) is 3.46. The Balaban J connectivity index is 1.70. The van der Waals surface area contributed by atoms with Crippen molar-refractivity contribution in [3.8, 4) is 0 Å². The first kappa shape index (κ1) is 14.0. The van der Waals surface area contributed by atoms with E-state index in [-0.39, 0.29) is 10.9 Å². The monoisotopic (exact) mass is 304 g/mol. The van der Waals surface area contributed by atoms with E-state index in [0.717, 1.165) is 12.1 Å². The second-order valence-electron chi connectivity index (χ2n) is 4.92. The molecule has 1 aliphatic heterocycles. The van der Waals surface area contributed by atoms with E-state index in [4.69, 9.17) is 0 Å². The van der Waals surface area contributed by atoms with Crippen LogP contribution in [-0.4, -0.2) is 41.8 Å². The van der Waals surface area contributed by atoms with Gasteiger partial charge in [0.15, 0.2) is 0 Å². The van der Waals surface area contributed by atoms with E-state index >= 15 is 0 Å². The summed E-state index contributed by atoms with van der Waals surface area (Å²) in [6, 6.07) is 7.08. The van der Waals surface area contributed by atoms with Gasteiger partial charge in [-0.05, 0) is 30.7 Å². The lowest BCUT2D eigenvalue weighted by molar-refractivity contribution is 0.474. The number of hydrogen-bond acceptors (Lipinski definition) is 5. The van der Waals surface area contributed by atoms with Crippen LogP contribution in [0, 0.1) is 0 Å². The molecule has 1 aliphatic rings. The molecule has 2 aromatic heterocycles. The molecule has 1 N–H and O–H groups in total. The molecule has 0 spiro atoms. The summed E-state index contributed by atoms with van der Waals surface area (Å²) in [5, 5.41) is 3.31. The lowest BCUT2D eigenvalue weighted by atomic mass is 10.2. The molecule has 3 heterocycles. The van der Waals surface area contributed by atoms with E-state index in [0.29, 0.717) is 13.1 Å². The molecule has 1 fully saturated rings. The number of sulfonamides is 1. The van der Waals surface area contributed by atoms with Crippen LogP contribution in [0.15, 0.2) is 53.9 Å². The van der Waals surface area contributed by atoms with Crippen molar-refractivity contribution in [3.05, 3.63) is 49.1 Å². The van der Waals surface area contributed by atoms with E-state index in [9.17, 15) is 8.42 Å². The van der Waals surface area contributed by atoms with Crippen molar-refractivity contribution in [1.29, 1.82) is 0 Å². The van der Waals surface area contributed by atoms with E-state index in [1.807, 2.05) is 12.1 Å². The standard InChI is InChI=1S/C14H16N4O2S/c19-21(20,14-4-2-7-16-10-14)18-8-5-13(11-18)17-12-3-1-6-15-9-12/h1-4,6-7,9-10,13,17H,5,8,11H2. The van der Waals surface area contributed by atoms with E-state index in [1.54, 1.807) is 30.7 Å². The number of aromatic nitrogens is 2. The molecule has 0 aliphatic carbocycles. The van der Waals surface area contributed by atoms with Crippen molar-refractivity contribution in [2.75, 3.05) is 18.4 Å². The van der Waals surface area contributed by atoms with Gasteiger partial charge in [-0.2, -0.15) is 4.31 Å². The SMILES string of the molecule is O=S(=O)(c1cccnc1)N1CCC(Nc2cccnc2)C1. The van der Waals surface area contributed by atoms with Crippen LogP contribution in [0.1, 0.15) is 6.42 Å². The first-order chi connectivity index (χ1) is 10.2. The fourth-order valence-corrected chi connectivity index (χ4v) is 3.86. The van der Waals surface area contributed by atoms with E-state index < -0.39 is 10.0 Å². The molecule has 0 bridgehead atoms. The highest BCUT2D eigenvalue weighted by atomic mass is 32.2. The maximum absolute atomic E-state index is 12.5. The second kappa shape index (κ2) is 5.79. The quantitative estimate of drug-likeness (QED) is 0.923. The van der Waals surface area contributed by atoms with Crippen LogP contribution >= 0.6 is 0 Å². The molecule has 110 valence electrons. The minimum atomic E-state index is -3.45. The molecule has 0 amide bonds. The van der Waals surface area contributed by atoms with Crippen molar-refractivity contribution in [2.45, 2.75) is 17.4 Å². The van der Waals surface area contributed by atoms with Gasteiger partial charge < -0.3 is 5.32 Å². The van der Waals surface area contributed by atoms with Gasteiger partial charge in [0.05, 0.1) is 5.69 Å². The van der Waals surface area contributed by atoms with E-state index in [2.05, 4.69) is 15.3 Å². The zero-order chi connectivity index (χ0) is 14.7. The molecule has 3 rings (SSSR count). The molecule has 1 saturated heterocycles. The minimum Gasteiger partial charge on any atom is -0.380 e. The third-order valence-corrected chi connectivity index (χ3v) is 5.30. The van der Waals surface area contributed by atoms with Gasteiger partial charge in [-0.25, -0.2) is 8.42 Å². The first-order valence-electron chi connectivity index (χ1n) is 6.73.